The van der Waals surface area contributed by atoms with E-state index in [-0.39, 0.29) is 6.04 Å². The number of hydrogen-bond donors (Lipinski definition) is 1. The van der Waals surface area contributed by atoms with Gasteiger partial charge in [-0.15, -0.1) is 0 Å². The first-order valence-electron chi connectivity index (χ1n) is 6.99. The highest BCUT2D eigenvalue weighted by Crippen LogP contribution is 2.41. The predicted molar refractivity (Wildman–Crippen MR) is 81.3 cm³/mol. The van der Waals surface area contributed by atoms with Gasteiger partial charge in [0.15, 0.2) is 0 Å². The second-order valence-electron chi connectivity index (χ2n) is 5.26. The number of hydrogen-bond acceptors (Lipinski definition) is 2. The van der Waals surface area contributed by atoms with Crippen LogP contribution in [0.2, 0.25) is 5.02 Å². The van der Waals surface area contributed by atoms with Crippen LogP contribution in [0.15, 0.2) is 54.6 Å². The fourth-order valence-corrected chi connectivity index (χ4v) is 2.45. The van der Waals surface area contributed by atoms with E-state index < -0.39 is 0 Å². The van der Waals surface area contributed by atoms with Crippen LogP contribution >= 0.6 is 11.6 Å². The Morgan fingerprint density at radius 2 is 1.75 bits per heavy atom. The molecule has 1 atom stereocenters. The summed E-state index contributed by atoms with van der Waals surface area (Å²) in [6.45, 7) is 0.581. The summed E-state index contributed by atoms with van der Waals surface area (Å²) in [5, 5.41) is 0.772. The molecule has 1 unspecified atom stereocenters. The van der Waals surface area contributed by atoms with E-state index in [1.165, 1.54) is 24.0 Å². The van der Waals surface area contributed by atoms with Crippen molar-refractivity contribution in [3.05, 3.63) is 70.7 Å². The van der Waals surface area contributed by atoms with Crippen LogP contribution < -0.4 is 5.48 Å². The van der Waals surface area contributed by atoms with Gasteiger partial charge in [-0.1, -0.05) is 54.1 Å². The summed E-state index contributed by atoms with van der Waals surface area (Å²) >= 11 is 5.94. The van der Waals surface area contributed by atoms with E-state index >= 15 is 0 Å². The van der Waals surface area contributed by atoms with E-state index in [0.29, 0.717) is 12.5 Å². The first-order valence-corrected chi connectivity index (χ1v) is 7.37. The summed E-state index contributed by atoms with van der Waals surface area (Å²) in [5.41, 5.74) is 5.64. The number of halogens is 1. The minimum Gasteiger partial charge on any atom is -0.296 e. The van der Waals surface area contributed by atoms with Crippen LogP contribution in [-0.4, -0.2) is 0 Å². The van der Waals surface area contributed by atoms with Crippen LogP contribution in [0, 0.1) is 5.92 Å². The maximum atomic E-state index is 5.94. The molecule has 2 aromatic rings. The quantitative estimate of drug-likeness (QED) is 0.789. The topological polar surface area (TPSA) is 21.3 Å². The van der Waals surface area contributed by atoms with Crippen molar-refractivity contribution in [1.82, 2.24) is 5.48 Å². The lowest BCUT2D eigenvalue weighted by atomic mass is 10.0. The Hall–Kier alpha value is -1.35. The summed E-state index contributed by atoms with van der Waals surface area (Å²) < 4.78 is 0. The van der Waals surface area contributed by atoms with E-state index in [2.05, 4.69) is 29.7 Å². The first-order chi connectivity index (χ1) is 9.83. The van der Waals surface area contributed by atoms with Gasteiger partial charge in [0.25, 0.3) is 0 Å². The summed E-state index contributed by atoms with van der Waals surface area (Å²) in [5.74, 6) is 0.673. The fraction of sp³-hybridized carbons (Fsp3) is 0.294. The molecule has 3 rings (SSSR count). The standard InChI is InChI=1S/C17H18ClNO/c18-16-10-8-15(9-11-16)17(14-6-7-14)19-20-12-13-4-2-1-3-5-13/h1-5,8-11,14,17,19H,6-7,12H2. The molecule has 0 radical (unpaired) electrons. The summed E-state index contributed by atoms with van der Waals surface area (Å²) in [7, 11) is 0. The lowest BCUT2D eigenvalue weighted by Crippen LogP contribution is -2.23. The minimum absolute atomic E-state index is 0.260. The van der Waals surface area contributed by atoms with Crippen LogP contribution in [-0.2, 0) is 11.4 Å². The van der Waals surface area contributed by atoms with E-state index in [0.717, 1.165) is 5.02 Å². The molecule has 0 spiro atoms. The number of rotatable bonds is 6. The van der Waals surface area contributed by atoms with Gasteiger partial charge in [-0.3, -0.25) is 4.84 Å². The van der Waals surface area contributed by atoms with Gasteiger partial charge in [0.05, 0.1) is 12.6 Å². The van der Waals surface area contributed by atoms with Crippen molar-refractivity contribution in [1.29, 1.82) is 0 Å². The maximum Gasteiger partial charge on any atom is 0.0933 e. The minimum atomic E-state index is 0.260. The molecule has 1 N–H and O–H groups in total. The Bertz CT molecular complexity index is 537. The van der Waals surface area contributed by atoms with Gasteiger partial charge in [0.1, 0.15) is 0 Å². The SMILES string of the molecule is Clc1ccc(C(NOCc2ccccc2)C2CC2)cc1. The van der Waals surface area contributed by atoms with Gasteiger partial charge in [0.2, 0.25) is 0 Å². The molecule has 0 aliphatic heterocycles. The Balaban J connectivity index is 1.59. The average molecular weight is 288 g/mol. The lowest BCUT2D eigenvalue weighted by Gasteiger charge is -2.18. The molecular weight excluding hydrogens is 270 g/mol. The number of nitrogens with one attached hydrogen (secondary N) is 1. The molecule has 0 aromatic heterocycles. The highest BCUT2D eigenvalue weighted by Gasteiger charge is 2.32. The van der Waals surface area contributed by atoms with Gasteiger partial charge >= 0.3 is 0 Å². The van der Waals surface area contributed by atoms with Crippen LogP contribution in [0.25, 0.3) is 0 Å². The molecule has 1 fully saturated rings. The third-order valence-corrected chi connectivity index (χ3v) is 3.87. The molecular formula is C17H18ClNO. The molecule has 1 aliphatic carbocycles. The molecule has 20 heavy (non-hydrogen) atoms. The molecule has 2 nitrogen and oxygen atoms in total. The van der Waals surface area contributed by atoms with Crippen LogP contribution in [0.4, 0.5) is 0 Å². The van der Waals surface area contributed by atoms with Crippen molar-refractivity contribution in [3.63, 3.8) is 0 Å². The third kappa shape index (κ3) is 3.60. The van der Waals surface area contributed by atoms with Crippen molar-refractivity contribution >= 4 is 11.6 Å². The molecule has 0 amide bonds. The third-order valence-electron chi connectivity index (χ3n) is 3.61. The Morgan fingerprint density at radius 1 is 1.05 bits per heavy atom. The van der Waals surface area contributed by atoms with E-state index in [1.54, 1.807) is 0 Å². The van der Waals surface area contributed by atoms with Gasteiger partial charge in [-0.2, -0.15) is 5.48 Å². The first kappa shape index (κ1) is 13.6. The lowest BCUT2D eigenvalue weighted by molar-refractivity contribution is -0.00226. The highest BCUT2D eigenvalue weighted by atomic mass is 35.5. The molecule has 0 saturated heterocycles. The predicted octanol–water partition coefficient (Wildman–Crippen LogP) is 4.51. The van der Waals surface area contributed by atoms with E-state index in [9.17, 15) is 0 Å². The van der Waals surface area contributed by atoms with Crippen molar-refractivity contribution in [2.24, 2.45) is 5.92 Å². The van der Waals surface area contributed by atoms with Gasteiger partial charge in [-0.25, -0.2) is 0 Å². The van der Waals surface area contributed by atoms with Crippen molar-refractivity contribution in [2.45, 2.75) is 25.5 Å². The van der Waals surface area contributed by atoms with E-state index in [4.69, 9.17) is 16.4 Å². The molecule has 104 valence electrons. The molecule has 0 bridgehead atoms. The monoisotopic (exact) mass is 287 g/mol. The largest absolute Gasteiger partial charge is 0.296 e. The van der Waals surface area contributed by atoms with Crippen LogP contribution in [0.1, 0.15) is 30.0 Å². The molecule has 2 aromatic carbocycles. The molecule has 1 aliphatic rings. The fourth-order valence-electron chi connectivity index (χ4n) is 2.33. The zero-order valence-electron chi connectivity index (χ0n) is 11.3. The molecule has 3 heteroatoms. The smallest absolute Gasteiger partial charge is 0.0933 e. The van der Waals surface area contributed by atoms with Gasteiger partial charge in [0, 0.05) is 5.02 Å². The Morgan fingerprint density at radius 3 is 2.40 bits per heavy atom. The van der Waals surface area contributed by atoms with E-state index in [1.807, 2.05) is 30.3 Å². The number of hydroxylamine groups is 1. The Kier molecular flexibility index (Phi) is 4.36. The summed E-state index contributed by atoms with van der Waals surface area (Å²) in [6.07, 6.45) is 2.52. The highest BCUT2D eigenvalue weighted by molar-refractivity contribution is 6.30. The molecule has 0 heterocycles. The normalized spacial score (nSPS) is 16.1. The van der Waals surface area contributed by atoms with Crippen LogP contribution in [0.3, 0.4) is 0 Å². The zero-order valence-corrected chi connectivity index (χ0v) is 12.0. The summed E-state index contributed by atoms with van der Waals surface area (Å²) in [6, 6.07) is 18.5. The van der Waals surface area contributed by atoms with Gasteiger partial charge < -0.3 is 0 Å². The van der Waals surface area contributed by atoms with Gasteiger partial charge in [-0.05, 0) is 42.0 Å². The maximum absolute atomic E-state index is 5.94. The zero-order chi connectivity index (χ0) is 13.8. The number of benzene rings is 2. The van der Waals surface area contributed by atoms with Crippen molar-refractivity contribution in [2.75, 3.05) is 0 Å². The second kappa shape index (κ2) is 6.40. The Labute approximate surface area is 124 Å². The average Bonchev–Trinajstić information content (AvgIpc) is 3.31. The van der Waals surface area contributed by atoms with Crippen LogP contribution in [0.5, 0.6) is 0 Å². The second-order valence-corrected chi connectivity index (χ2v) is 5.70. The van der Waals surface area contributed by atoms with Crippen molar-refractivity contribution in [3.8, 4) is 0 Å². The van der Waals surface area contributed by atoms with Crippen molar-refractivity contribution < 1.29 is 4.84 Å². The molecule has 1 saturated carbocycles. The summed E-state index contributed by atoms with van der Waals surface area (Å²) in [4.78, 5) is 5.68.